The van der Waals surface area contributed by atoms with Crippen molar-refractivity contribution < 1.29 is 14.3 Å². The summed E-state index contributed by atoms with van der Waals surface area (Å²) < 4.78 is 5.67. The van der Waals surface area contributed by atoms with Crippen LogP contribution in [0.5, 0.6) is 0 Å². The maximum atomic E-state index is 13.1. The molecule has 1 aliphatic carbocycles. The smallest absolute Gasteiger partial charge is 0.323 e. The maximum Gasteiger partial charge on any atom is 0.323 e. The van der Waals surface area contributed by atoms with Crippen LogP contribution in [-0.2, 0) is 4.74 Å². The Morgan fingerprint density at radius 3 is 2.00 bits per heavy atom. The fourth-order valence-corrected chi connectivity index (χ4v) is 7.01. The second-order valence-electron chi connectivity index (χ2n) is 13.8. The molecule has 12 heteroatoms. The van der Waals surface area contributed by atoms with Crippen molar-refractivity contribution in [3.8, 4) is 11.4 Å². The minimum atomic E-state index is -0.364. The number of piperazine rings is 1. The van der Waals surface area contributed by atoms with Gasteiger partial charge in [0, 0.05) is 73.9 Å². The van der Waals surface area contributed by atoms with Crippen molar-refractivity contribution in [3.63, 3.8) is 0 Å². The van der Waals surface area contributed by atoms with Gasteiger partial charge in [-0.1, -0.05) is 0 Å². The number of aromatic nitrogens is 3. The van der Waals surface area contributed by atoms with Crippen molar-refractivity contribution in [3.05, 3.63) is 54.1 Å². The highest BCUT2D eigenvalue weighted by atomic mass is 16.5. The first kappa shape index (κ1) is 32.3. The standard InChI is InChI=1S/C36H47N9O3/c1-24-4-5-25(2)45(24)35-40-32(39-34(41-35)44-20-21-48-23-26(44)3)28-8-12-30(13-9-28)37-36(47)38-31-14-10-29(11-15-31)33(46)43-18-16-42(17-19-43)22-27-6-7-27/h8-15,24-27H,4-7,16-23H2,1-3H3,(H2,37,38,47)/t24-,25+,26?. The number of anilines is 4. The van der Waals surface area contributed by atoms with E-state index in [0.717, 1.165) is 57.0 Å². The zero-order chi connectivity index (χ0) is 33.2. The molecule has 1 aromatic heterocycles. The van der Waals surface area contributed by atoms with Gasteiger partial charge >= 0.3 is 6.03 Å². The quantitative estimate of drug-likeness (QED) is 0.348. The lowest BCUT2D eigenvalue weighted by Gasteiger charge is -2.34. The van der Waals surface area contributed by atoms with E-state index in [1.807, 2.05) is 29.2 Å². The van der Waals surface area contributed by atoms with Crippen molar-refractivity contribution in [2.75, 3.05) is 72.9 Å². The molecule has 3 atom stereocenters. The number of hydrogen-bond donors (Lipinski definition) is 2. The Balaban J connectivity index is 0.982. The third-order valence-corrected chi connectivity index (χ3v) is 10.1. The number of urea groups is 1. The van der Waals surface area contributed by atoms with Crippen LogP contribution in [0.4, 0.5) is 28.1 Å². The Kier molecular flexibility index (Phi) is 9.45. The van der Waals surface area contributed by atoms with Crippen LogP contribution in [0.3, 0.4) is 0 Å². The molecule has 2 N–H and O–H groups in total. The van der Waals surface area contributed by atoms with Gasteiger partial charge in [-0.2, -0.15) is 15.0 Å². The van der Waals surface area contributed by atoms with Gasteiger partial charge in [-0.3, -0.25) is 9.69 Å². The molecule has 48 heavy (non-hydrogen) atoms. The minimum Gasteiger partial charge on any atom is -0.377 e. The van der Waals surface area contributed by atoms with Gasteiger partial charge in [-0.15, -0.1) is 0 Å². The Morgan fingerprint density at radius 2 is 1.38 bits per heavy atom. The van der Waals surface area contributed by atoms with E-state index in [1.165, 1.54) is 19.4 Å². The number of benzene rings is 2. The van der Waals surface area contributed by atoms with Crippen LogP contribution in [0.25, 0.3) is 11.4 Å². The summed E-state index contributed by atoms with van der Waals surface area (Å²) in [7, 11) is 0. The third kappa shape index (κ3) is 7.39. The van der Waals surface area contributed by atoms with Crippen molar-refractivity contribution in [1.82, 2.24) is 24.8 Å². The summed E-state index contributed by atoms with van der Waals surface area (Å²) in [5, 5.41) is 5.77. The summed E-state index contributed by atoms with van der Waals surface area (Å²) in [6, 6.07) is 15.1. The molecule has 0 spiro atoms. The molecular weight excluding hydrogens is 606 g/mol. The first-order valence-electron chi connectivity index (χ1n) is 17.5. The average molecular weight is 654 g/mol. The maximum absolute atomic E-state index is 13.1. The summed E-state index contributed by atoms with van der Waals surface area (Å²) in [6.07, 6.45) is 4.91. The second kappa shape index (κ2) is 14.1. The highest BCUT2D eigenvalue weighted by Crippen LogP contribution is 2.32. The van der Waals surface area contributed by atoms with Crippen molar-refractivity contribution >= 4 is 35.2 Å². The normalized spacial score (nSPS) is 23.3. The Hall–Kier alpha value is -4.29. The molecule has 254 valence electrons. The summed E-state index contributed by atoms with van der Waals surface area (Å²) >= 11 is 0. The number of morpholine rings is 1. The van der Waals surface area contributed by atoms with Crippen LogP contribution in [0, 0.1) is 5.92 Å². The monoisotopic (exact) mass is 653 g/mol. The van der Waals surface area contributed by atoms with Gasteiger partial charge in [0.1, 0.15) is 0 Å². The topological polar surface area (TPSA) is 119 Å². The number of rotatable bonds is 8. The van der Waals surface area contributed by atoms with E-state index in [1.54, 1.807) is 24.3 Å². The molecule has 3 saturated heterocycles. The number of ether oxygens (including phenoxy) is 1. The fourth-order valence-electron chi connectivity index (χ4n) is 7.01. The molecule has 0 radical (unpaired) electrons. The Bertz CT molecular complexity index is 1580. The van der Waals surface area contributed by atoms with Gasteiger partial charge in [0.05, 0.1) is 19.3 Å². The van der Waals surface area contributed by atoms with Crippen LogP contribution in [0.15, 0.2) is 48.5 Å². The molecule has 12 nitrogen and oxygen atoms in total. The molecule has 3 amide bonds. The zero-order valence-corrected chi connectivity index (χ0v) is 28.3. The minimum absolute atomic E-state index is 0.0403. The summed E-state index contributed by atoms with van der Waals surface area (Å²) in [6.45, 7) is 13.1. The summed E-state index contributed by atoms with van der Waals surface area (Å²) in [4.78, 5) is 49.6. The van der Waals surface area contributed by atoms with Crippen molar-refractivity contribution in [2.24, 2.45) is 5.92 Å². The van der Waals surface area contributed by atoms with Crippen LogP contribution in [0.1, 0.15) is 56.8 Å². The largest absolute Gasteiger partial charge is 0.377 e. The van der Waals surface area contributed by atoms with Gasteiger partial charge in [0.15, 0.2) is 5.82 Å². The zero-order valence-electron chi connectivity index (χ0n) is 28.3. The molecule has 4 heterocycles. The number of nitrogens with zero attached hydrogens (tertiary/aromatic N) is 7. The Labute approximate surface area is 282 Å². The van der Waals surface area contributed by atoms with Crippen molar-refractivity contribution in [1.29, 1.82) is 0 Å². The molecule has 7 rings (SSSR count). The van der Waals surface area contributed by atoms with E-state index in [4.69, 9.17) is 19.7 Å². The van der Waals surface area contributed by atoms with Gasteiger partial charge in [-0.05, 0) is 101 Å². The molecule has 0 bridgehead atoms. The van der Waals surface area contributed by atoms with Crippen LogP contribution >= 0.6 is 0 Å². The van der Waals surface area contributed by atoms with Crippen LogP contribution in [0.2, 0.25) is 0 Å². The van der Waals surface area contributed by atoms with Crippen LogP contribution < -0.4 is 20.4 Å². The first-order valence-corrected chi connectivity index (χ1v) is 17.5. The average Bonchev–Trinajstić information content (AvgIpc) is 3.85. The fraction of sp³-hybridized carbons (Fsp3) is 0.528. The number of amides is 3. The van der Waals surface area contributed by atoms with E-state index in [2.05, 4.69) is 46.1 Å². The van der Waals surface area contributed by atoms with Crippen molar-refractivity contribution in [2.45, 2.75) is 64.6 Å². The number of carbonyl (C=O) groups excluding carboxylic acids is 2. The lowest BCUT2D eigenvalue weighted by molar-refractivity contribution is 0.0632. The number of hydrogen-bond acceptors (Lipinski definition) is 9. The SMILES string of the molecule is CC1COCCN1c1nc(-c2ccc(NC(=O)Nc3ccc(C(=O)N4CCN(CC5CC5)CC4)cc3)cc2)nc(N2[C@H](C)CC[C@@H]2C)n1. The van der Waals surface area contributed by atoms with E-state index in [0.29, 0.717) is 60.0 Å². The second-order valence-corrected chi connectivity index (χ2v) is 13.8. The highest BCUT2D eigenvalue weighted by Gasteiger charge is 2.32. The molecule has 2 aromatic carbocycles. The summed E-state index contributed by atoms with van der Waals surface area (Å²) in [5.74, 6) is 2.87. The van der Waals surface area contributed by atoms with E-state index in [9.17, 15) is 9.59 Å². The van der Waals surface area contributed by atoms with E-state index >= 15 is 0 Å². The summed E-state index contributed by atoms with van der Waals surface area (Å²) in [5.41, 5.74) is 2.73. The molecule has 4 fully saturated rings. The molecule has 1 unspecified atom stereocenters. The predicted octanol–water partition coefficient (Wildman–Crippen LogP) is 4.95. The molecule has 3 aliphatic heterocycles. The lowest BCUT2D eigenvalue weighted by atomic mass is 10.1. The molecule has 1 saturated carbocycles. The molecular formula is C36H47N9O3. The van der Waals surface area contributed by atoms with Crippen LogP contribution in [-0.4, -0.2) is 107 Å². The predicted molar refractivity (Wildman–Crippen MR) is 188 cm³/mol. The van der Waals surface area contributed by atoms with Gasteiger partial charge in [0.2, 0.25) is 11.9 Å². The van der Waals surface area contributed by atoms with Gasteiger partial charge in [-0.25, -0.2) is 4.79 Å². The number of nitrogens with one attached hydrogen (secondary N) is 2. The third-order valence-electron chi connectivity index (χ3n) is 10.1. The first-order chi connectivity index (χ1) is 23.3. The molecule has 3 aromatic rings. The van der Waals surface area contributed by atoms with Gasteiger partial charge < -0.3 is 30.1 Å². The van der Waals surface area contributed by atoms with E-state index < -0.39 is 0 Å². The number of carbonyl (C=O) groups is 2. The van der Waals surface area contributed by atoms with Gasteiger partial charge in [0.25, 0.3) is 5.91 Å². The lowest BCUT2D eigenvalue weighted by Crippen LogP contribution is -2.49. The Morgan fingerprint density at radius 1 is 0.750 bits per heavy atom. The highest BCUT2D eigenvalue weighted by molar-refractivity contribution is 6.00. The molecule has 4 aliphatic rings. The van der Waals surface area contributed by atoms with E-state index in [-0.39, 0.29) is 18.0 Å².